The lowest BCUT2D eigenvalue weighted by Crippen LogP contribution is -2.13. The molecule has 92 valence electrons. The molecule has 0 amide bonds. The first-order chi connectivity index (χ1) is 8.15. The van der Waals surface area contributed by atoms with E-state index in [-0.39, 0.29) is 0 Å². The highest BCUT2D eigenvalue weighted by molar-refractivity contribution is 6.29. The van der Waals surface area contributed by atoms with Crippen molar-refractivity contribution < 1.29 is 5.11 Å². The van der Waals surface area contributed by atoms with Crippen LogP contribution >= 0.6 is 11.6 Å². The first kappa shape index (κ1) is 12.1. The van der Waals surface area contributed by atoms with Crippen LogP contribution in [0.2, 0.25) is 5.15 Å². The Labute approximate surface area is 105 Å². The maximum atomic E-state index is 10.3. The number of aryl methyl sites for hydroxylation is 1. The average molecular weight is 255 g/mol. The van der Waals surface area contributed by atoms with Gasteiger partial charge in [-0.25, -0.2) is 4.98 Å². The van der Waals surface area contributed by atoms with Gasteiger partial charge in [-0.3, -0.25) is 4.68 Å². The number of aliphatic hydroxyl groups excluding tert-OH is 1. The monoisotopic (exact) mass is 254 g/mol. The molecule has 0 bridgehead atoms. The number of aliphatic hydroxyl groups is 1. The second-order valence-electron chi connectivity index (χ2n) is 3.88. The summed E-state index contributed by atoms with van der Waals surface area (Å²) < 4.78 is 3.45. The summed E-state index contributed by atoms with van der Waals surface area (Å²) in [6, 6.07) is 1.79. The van der Waals surface area contributed by atoms with Gasteiger partial charge in [0.05, 0.1) is 11.9 Å². The molecule has 0 radical (unpaired) electrons. The van der Waals surface area contributed by atoms with Gasteiger partial charge < -0.3 is 9.67 Å². The largest absolute Gasteiger partial charge is 0.379 e. The lowest BCUT2D eigenvalue weighted by atomic mass is 10.2. The van der Waals surface area contributed by atoms with E-state index >= 15 is 0 Å². The summed E-state index contributed by atoms with van der Waals surface area (Å²) in [5, 5.41) is 15.0. The summed E-state index contributed by atoms with van der Waals surface area (Å²) in [5.41, 5.74) is 0.734. The Bertz CT molecular complexity index is 505. The summed E-state index contributed by atoms with van der Waals surface area (Å²) in [7, 11) is 1.77. The predicted molar refractivity (Wildman–Crippen MR) is 64.8 cm³/mol. The van der Waals surface area contributed by atoms with Gasteiger partial charge in [0.2, 0.25) is 0 Å². The van der Waals surface area contributed by atoms with E-state index in [2.05, 4.69) is 17.0 Å². The molecular weight excluding hydrogens is 240 g/mol. The summed E-state index contributed by atoms with van der Waals surface area (Å²) in [5.74, 6) is 0.521. The molecule has 0 spiro atoms. The number of nitrogens with zero attached hydrogens (tertiary/aromatic N) is 4. The van der Waals surface area contributed by atoms with Crippen molar-refractivity contribution in [3.8, 4) is 0 Å². The standard InChI is InChI=1S/C11H15ClN4O/c1-3-6-16-8(4-5-14-16)10(17)11-13-7-9(12)15(11)2/h4-5,7,10,17H,3,6H2,1-2H3. The van der Waals surface area contributed by atoms with E-state index in [1.807, 2.05) is 0 Å². The van der Waals surface area contributed by atoms with Gasteiger partial charge in [-0.2, -0.15) is 5.10 Å². The van der Waals surface area contributed by atoms with Crippen LogP contribution in [0, 0.1) is 0 Å². The molecule has 6 heteroatoms. The molecule has 0 saturated heterocycles. The molecule has 17 heavy (non-hydrogen) atoms. The Morgan fingerprint density at radius 1 is 1.53 bits per heavy atom. The molecule has 2 aromatic rings. The Hall–Kier alpha value is -1.33. The quantitative estimate of drug-likeness (QED) is 0.905. The van der Waals surface area contributed by atoms with E-state index < -0.39 is 6.10 Å². The molecule has 2 rings (SSSR count). The molecule has 0 aliphatic rings. The molecule has 2 aromatic heterocycles. The van der Waals surface area contributed by atoms with Crippen LogP contribution in [0.3, 0.4) is 0 Å². The molecule has 1 atom stereocenters. The van der Waals surface area contributed by atoms with Crippen LogP contribution < -0.4 is 0 Å². The molecule has 0 saturated carbocycles. The van der Waals surface area contributed by atoms with Crippen molar-refractivity contribution in [1.29, 1.82) is 0 Å². The number of hydrogen-bond donors (Lipinski definition) is 1. The normalized spacial score (nSPS) is 12.9. The third-order valence-electron chi connectivity index (χ3n) is 2.68. The minimum atomic E-state index is -0.804. The van der Waals surface area contributed by atoms with Crippen LogP contribution in [0.1, 0.15) is 31.0 Å². The zero-order valence-electron chi connectivity index (χ0n) is 9.84. The molecule has 5 nitrogen and oxygen atoms in total. The van der Waals surface area contributed by atoms with Crippen molar-refractivity contribution in [2.75, 3.05) is 0 Å². The van der Waals surface area contributed by atoms with Gasteiger partial charge in [0.25, 0.3) is 0 Å². The molecule has 0 aromatic carbocycles. The van der Waals surface area contributed by atoms with Crippen LogP contribution in [0.25, 0.3) is 0 Å². The zero-order valence-corrected chi connectivity index (χ0v) is 10.6. The van der Waals surface area contributed by atoms with Crippen LogP contribution in [-0.2, 0) is 13.6 Å². The van der Waals surface area contributed by atoms with Crippen molar-refractivity contribution in [3.63, 3.8) is 0 Å². The smallest absolute Gasteiger partial charge is 0.153 e. The van der Waals surface area contributed by atoms with E-state index in [9.17, 15) is 5.11 Å². The number of rotatable bonds is 4. The fourth-order valence-corrected chi connectivity index (χ4v) is 1.90. The third-order valence-corrected chi connectivity index (χ3v) is 3.03. The highest BCUT2D eigenvalue weighted by atomic mass is 35.5. The predicted octanol–water partition coefficient (Wildman–Crippen LogP) is 1.76. The lowest BCUT2D eigenvalue weighted by Gasteiger charge is -2.13. The summed E-state index contributed by atoms with van der Waals surface area (Å²) in [4.78, 5) is 4.11. The van der Waals surface area contributed by atoms with E-state index in [4.69, 9.17) is 11.6 Å². The third kappa shape index (κ3) is 2.21. The van der Waals surface area contributed by atoms with Gasteiger partial charge in [0.1, 0.15) is 11.0 Å². The summed E-state index contributed by atoms with van der Waals surface area (Å²) >= 11 is 5.90. The Kier molecular flexibility index (Phi) is 3.49. The van der Waals surface area contributed by atoms with Crippen molar-refractivity contribution in [2.24, 2.45) is 7.05 Å². The first-order valence-corrected chi connectivity index (χ1v) is 5.89. The molecule has 0 aliphatic carbocycles. The molecule has 0 aliphatic heterocycles. The van der Waals surface area contributed by atoms with Gasteiger partial charge >= 0.3 is 0 Å². The summed E-state index contributed by atoms with van der Waals surface area (Å²) in [6.45, 7) is 2.84. The minimum Gasteiger partial charge on any atom is -0.379 e. The average Bonchev–Trinajstić information content (AvgIpc) is 2.88. The second-order valence-corrected chi connectivity index (χ2v) is 4.27. The van der Waals surface area contributed by atoms with Gasteiger partial charge in [-0.1, -0.05) is 18.5 Å². The van der Waals surface area contributed by atoms with Crippen LogP contribution in [0.15, 0.2) is 18.5 Å². The highest BCUT2D eigenvalue weighted by Crippen LogP contribution is 2.22. The first-order valence-electron chi connectivity index (χ1n) is 5.52. The highest BCUT2D eigenvalue weighted by Gasteiger charge is 2.20. The molecule has 0 fully saturated rings. The number of aromatic nitrogens is 4. The fraction of sp³-hybridized carbons (Fsp3) is 0.455. The molecule has 1 unspecified atom stereocenters. The maximum Gasteiger partial charge on any atom is 0.153 e. The van der Waals surface area contributed by atoms with Crippen molar-refractivity contribution in [3.05, 3.63) is 35.1 Å². The van der Waals surface area contributed by atoms with Crippen LogP contribution in [0.5, 0.6) is 0 Å². The SMILES string of the molecule is CCCn1nccc1C(O)c1ncc(Cl)n1C. The van der Waals surface area contributed by atoms with Gasteiger partial charge in [-0.05, 0) is 12.5 Å². The minimum absolute atomic E-state index is 0.501. The number of halogens is 1. The molecular formula is C11H15ClN4O. The molecule has 1 N–H and O–H groups in total. The maximum absolute atomic E-state index is 10.3. The van der Waals surface area contributed by atoms with E-state index in [0.717, 1.165) is 18.7 Å². The lowest BCUT2D eigenvalue weighted by molar-refractivity contribution is 0.194. The van der Waals surface area contributed by atoms with Gasteiger partial charge in [0, 0.05) is 19.8 Å². The van der Waals surface area contributed by atoms with Crippen molar-refractivity contribution >= 4 is 11.6 Å². The number of imidazole rings is 1. The van der Waals surface area contributed by atoms with Crippen LogP contribution in [0.4, 0.5) is 0 Å². The van der Waals surface area contributed by atoms with Gasteiger partial charge in [-0.15, -0.1) is 0 Å². The summed E-state index contributed by atoms with van der Waals surface area (Å²) in [6.07, 6.45) is 3.36. The van der Waals surface area contributed by atoms with Crippen LogP contribution in [-0.4, -0.2) is 24.4 Å². The van der Waals surface area contributed by atoms with E-state index in [1.54, 1.807) is 28.6 Å². The van der Waals surface area contributed by atoms with E-state index in [0.29, 0.717) is 11.0 Å². The van der Waals surface area contributed by atoms with E-state index in [1.165, 1.54) is 6.20 Å². The fourth-order valence-electron chi connectivity index (χ4n) is 1.76. The van der Waals surface area contributed by atoms with Crippen molar-refractivity contribution in [2.45, 2.75) is 26.0 Å². The van der Waals surface area contributed by atoms with Gasteiger partial charge in [0.15, 0.2) is 6.10 Å². The second kappa shape index (κ2) is 4.89. The van der Waals surface area contributed by atoms with Crippen molar-refractivity contribution in [1.82, 2.24) is 19.3 Å². The topological polar surface area (TPSA) is 55.9 Å². The number of hydrogen-bond acceptors (Lipinski definition) is 3. The Balaban J connectivity index is 2.33. The zero-order chi connectivity index (χ0) is 12.4. The molecule has 2 heterocycles. The Morgan fingerprint density at radius 3 is 2.88 bits per heavy atom. The Morgan fingerprint density at radius 2 is 2.29 bits per heavy atom.